The number of nitrogens with zero attached hydrogens (tertiary/aromatic N) is 1. The van der Waals surface area contributed by atoms with Gasteiger partial charge in [-0.1, -0.05) is 30.3 Å². The second-order valence-electron chi connectivity index (χ2n) is 6.35. The lowest BCUT2D eigenvalue weighted by atomic mass is 10.2. The maximum atomic E-state index is 12.4. The van der Waals surface area contributed by atoms with E-state index in [1.807, 2.05) is 30.3 Å². The zero-order valence-corrected chi connectivity index (χ0v) is 15.6. The number of morpholine rings is 1. The number of benzene rings is 2. The minimum Gasteiger partial charge on any atom is -0.493 e. The van der Waals surface area contributed by atoms with Crippen LogP contribution in [0.2, 0.25) is 0 Å². The van der Waals surface area contributed by atoms with Crippen LogP contribution in [0.4, 0.5) is 0 Å². The topological polar surface area (TPSA) is 60.0 Å². The van der Waals surface area contributed by atoms with Gasteiger partial charge in [-0.25, -0.2) is 0 Å². The molecule has 0 aromatic heterocycles. The number of amides is 1. The van der Waals surface area contributed by atoms with E-state index in [-0.39, 0.29) is 5.91 Å². The van der Waals surface area contributed by atoms with Gasteiger partial charge in [-0.2, -0.15) is 0 Å². The molecule has 27 heavy (non-hydrogen) atoms. The summed E-state index contributed by atoms with van der Waals surface area (Å²) < 4.78 is 16.6. The molecule has 1 saturated heterocycles. The number of rotatable bonds is 8. The van der Waals surface area contributed by atoms with E-state index in [4.69, 9.17) is 14.2 Å². The first-order valence-corrected chi connectivity index (χ1v) is 9.19. The van der Waals surface area contributed by atoms with Gasteiger partial charge in [0.2, 0.25) is 0 Å². The quantitative estimate of drug-likeness (QED) is 0.773. The predicted octanol–water partition coefficient (Wildman–Crippen LogP) is 2.34. The van der Waals surface area contributed by atoms with Crippen molar-refractivity contribution in [2.45, 2.75) is 6.61 Å². The lowest BCUT2D eigenvalue weighted by molar-refractivity contribution is 0.0383. The number of methoxy groups -OCH3 is 1. The third-order valence-corrected chi connectivity index (χ3v) is 4.48. The minimum atomic E-state index is -0.115. The predicted molar refractivity (Wildman–Crippen MR) is 103 cm³/mol. The molecule has 1 N–H and O–H groups in total. The highest BCUT2D eigenvalue weighted by Crippen LogP contribution is 2.28. The first kappa shape index (κ1) is 19.2. The van der Waals surface area contributed by atoms with Crippen molar-refractivity contribution in [1.82, 2.24) is 10.2 Å². The largest absolute Gasteiger partial charge is 0.493 e. The van der Waals surface area contributed by atoms with Crippen LogP contribution in [0.15, 0.2) is 48.5 Å². The molecule has 0 radical (unpaired) electrons. The van der Waals surface area contributed by atoms with E-state index in [1.165, 1.54) is 0 Å². The molecule has 0 aliphatic carbocycles. The Morgan fingerprint density at radius 2 is 1.89 bits per heavy atom. The molecule has 1 heterocycles. The Balaban J connectivity index is 1.53. The van der Waals surface area contributed by atoms with E-state index in [0.717, 1.165) is 38.4 Å². The molecule has 1 aliphatic heterocycles. The monoisotopic (exact) mass is 370 g/mol. The fourth-order valence-corrected chi connectivity index (χ4v) is 2.92. The summed E-state index contributed by atoms with van der Waals surface area (Å²) in [5.74, 6) is 1.05. The number of carbonyl (C=O) groups is 1. The van der Waals surface area contributed by atoms with Crippen LogP contribution in [0.1, 0.15) is 15.9 Å². The summed E-state index contributed by atoms with van der Waals surface area (Å²) >= 11 is 0. The SMILES string of the molecule is COc1cc(C(=O)NCCN2CCOCC2)ccc1OCc1ccccc1. The first-order valence-electron chi connectivity index (χ1n) is 9.19. The van der Waals surface area contributed by atoms with Crippen LogP contribution in [0.3, 0.4) is 0 Å². The van der Waals surface area contributed by atoms with Crippen LogP contribution in [-0.2, 0) is 11.3 Å². The zero-order chi connectivity index (χ0) is 18.9. The molecule has 0 spiro atoms. The highest BCUT2D eigenvalue weighted by molar-refractivity contribution is 5.94. The Bertz CT molecular complexity index is 730. The molecule has 0 atom stereocenters. The van der Waals surface area contributed by atoms with E-state index < -0.39 is 0 Å². The Morgan fingerprint density at radius 3 is 2.63 bits per heavy atom. The van der Waals surface area contributed by atoms with Crippen molar-refractivity contribution >= 4 is 5.91 Å². The molecule has 1 fully saturated rings. The average Bonchev–Trinajstić information content (AvgIpc) is 2.73. The molecule has 144 valence electrons. The third-order valence-electron chi connectivity index (χ3n) is 4.48. The summed E-state index contributed by atoms with van der Waals surface area (Å²) in [6.45, 7) is 5.22. The van der Waals surface area contributed by atoms with Gasteiger partial charge in [-0.15, -0.1) is 0 Å². The molecule has 2 aromatic carbocycles. The number of ether oxygens (including phenoxy) is 3. The van der Waals surface area contributed by atoms with Crippen LogP contribution >= 0.6 is 0 Å². The molecule has 0 saturated carbocycles. The molecule has 1 aliphatic rings. The van der Waals surface area contributed by atoms with Crippen molar-refractivity contribution < 1.29 is 19.0 Å². The van der Waals surface area contributed by atoms with Crippen molar-refractivity contribution in [1.29, 1.82) is 0 Å². The molecular formula is C21H26N2O4. The molecule has 6 nitrogen and oxygen atoms in total. The van der Waals surface area contributed by atoms with Crippen LogP contribution in [0.5, 0.6) is 11.5 Å². The van der Waals surface area contributed by atoms with Gasteiger partial charge in [-0.05, 0) is 23.8 Å². The second-order valence-corrected chi connectivity index (χ2v) is 6.35. The van der Waals surface area contributed by atoms with Crippen molar-refractivity contribution in [2.24, 2.45) is 0 Å². The van der Waals surface area contributed by atoms with Gasteiger partial charge in [0.05, 0.1) is 20.3 Å². The zero-order valence-electron chi connectivity index (χ0n) is 15.6. The van der Waals surface area contributed by atoms with E-state index in [1.54, 1.807) is 25.3 Å². The minimum absolute atomic E-state index is 0.115. The Kier molecular flexibility index (Phi) is 7.07. The molecule has 0 unspecified atom stereocenters. The standard InChI is InChI=1S/C21H26N2O4/c1-25-20-15-18(21(24)22-9-10-23-11-13-26-14-12-23)7-8-19(20)27-16-17-5-3-2-4-6-17/h2-8,15H,9-14,16H2,1H3,(H,22,24). The molecule has 0 bridgehead atoms. The summed E-state index contributed by atoms with van der Waals surface area (Å²) in [6.07, 6.45) is 0. The molecule has 2 aromatic rings. The van der Waals surface area contributed by atoms with Crippen LogP contribution < -0.4 is 14.8 Å². The van der Waals surface area contributed by atoms with Gasteiger partial charge in [0.1, 0.15) is 6.61 Å². The molecule has 1 amide bonds. The Morgan fingerprint density at radius 1 is 1.11 bits per heavy atom. The van der Waals surface area contributed by atoms with Gasteiger partial charge >= 0.3 is 0 Å². The lowest BCUT2D eigenvalue weighted by Crippen LogP contribution is -2.41. The van der Waals surface area contributed by atoms with Gasteiger partial charge in [0, 0.05) is 31.7 Å². The summed E-state index contributed by atoms with van der Waals surface area (Å²) in [6, 6.07) is 15.2. The highest BCUT2D eigenvalue weighted by Gasteiger charge is 2.13. The number of hydrogen-bond donors (Lipinski definition) is 1. The van der Waals surface area contributed by atoms with Crippen molar-refractivity contribution in [3.05, 3.63) is 59.7 Å². The van der Waals surface area contributed by atoms with Crippen molar-refractivity contribution in [3.8, 4) is 11.5 Å². The number of nitrogens with one attached hydrogen (secondary N) is 1. The second kappa shape index (κ2) is 9.94. The average molecular weight is 370 g/mol. The highest BCUT2D eigenvalue weighted by atomic mass is 16.5. The van der Waals surface area contributed by atoms with Gasteiger partial charge in [0.15, 0.2) is 11.5 Å². The molecular weight excluding hydrogens is 344 g/mol. The van der Waals surface area contributed by atoms with Gasteiger partial charge in [-0.3, -0.25) is 9.69 Å². The van der Waals surface area contributed by atoms with E-state index in [0.29, 0.717) is 30.2 Å². The maximum absolute atomic E-state index is 12.4. The fourth-order valence-electron chi connectivity index (χ4n) is 2.92. The third kappa shape index (κ3) is 5.70. The Hall–Kier alpha value is -2.57. The summed E-state index contributed by atoms with van der Waals surface area (Å²) in [7, 11) is 1.57. The summed E-state index contributed by atoms with van der Waals surface area (Å²) in [4.78, 5) is 14.7. The molecule has 3 rings (SSSR count). The maximum Gasteiger partial charge on any atom is 0.251 e. The number of hydrogen-bond acceptors (Lipinski definition) is 5. The Labute approximate surface area is 160 Å². The van der Waals surface area contributed by atoms with Gasteiger partial charge in [0.25, 0.3) is 5.91 Å². The van der Waals surface area contributed by atoms with Crippen LogP contribution in [0, 0.1) is 0 Å². The van der Waals surface area contributed by atoms with Crippen LogP contribution in [0.25, 0.3) is 0 Å². The lowest BCUT2D eigenvalue weighted by Gasteiger charge is -2.26. The summed E-state index contributed by atoms with van der Waals surface area (Å²) in [5.41, 5.74) is 1.63. The van der Waals surface area contributed by atoms with E-state index in [2.05, 4.69) is 10.2 Å². The van der Waals surface area contributed by atoms with Gasteiger partial charge < -0.3 is 19.5 Å². The van der Waals surface area contributed by atoms with Crippen LogP contribution in [-0.4, -0.2) is 57.3 Å². The van der Waals surface area contributed by atoms with Crippen molar-refractivity contribution in [3.63, 3.8) is 0 Å². The fraction of sp³-hybridized carbons (Fsp3) is 0.381. The van der Waals surface area contributed by atoms with Crippen molar-refractivity contribution in [2.75, 3.05) is 46.5 Å². The number of carbonyl (C=O) groups excluding carboxylic acids is 1. The first-order chi connectivity index (χ1) is 13.3. The van der Waals surface area contributed by atoms with E-state index >= 15 is 0 Å². The normalized spacial score (nSPS) is 14.6. The van der Waals surface area contributed by atoms with E-state index in [9.17, 15) is 4.79 Å². The molecule has 6 heteroatoms. The summed E-state index contributed by atoms with van der Waals surface area (Å²) in [5, 5.41) is 2.96. The smallest absolute Gasteiger partial charge is 0.251 e.